The molecule has 0 spiro atoms. The molecule has 4 heteroatoms. The fourth-order valence-corrected chi connectivity index (χ4v) is 3.34. The lowest BCUT2D eigenvalue weighted by Crippen LogP contribution is -2.08. The smallest absolute Gasteiger partial charge is 0.0624 e. The van der Waals surface area contributed by atoms with Crippen LogP contribution in [-0.4, -0.2) is 19.7 Å². The fourth-order valence-electron chi connectivity index (χ4n) is 3.34. The highest BCUT2D eigenvalue weighted by molar-refractivity contribution is 5.21. The molecule has 0 aliphatic rings. The summed E-state index contributed by atoms with van der Waals surface area (Å²) < 4.78 is 2.00. The Labute approximate surface area is 156 Å². The van der Waals surface area contributed by atoms with Crippen LogP contribution >= 0.6 is 0 Å². The highest BCUT2D eigenvalue weighted by Crippen LogP contribution is 2.22. The van der Waals surface area contributed by atoms with Gasteiger partial charge in [-0.3, -0.25) is 14.6 Å². The molecule has 2 unspecified atom stereocenters. The van der Waals surface area contributed by atoms with E-state index in [1.807, 2.05) is 30.2 Å². The van der Waals surface area contributed by atoms with Crippen LogP contribution in [0.1, 0.15) is 60.9 Å². The zero-order valence-corrected chi connectivity index (χ0v) is 16.2. The third kappa shape index (κ3) is 4.37. The maximum absolute atomic E-state index is 4.94. The molecule has 3 rings (SSSR count). The lowest BCUT2D eigenvalue weighted by Gasteiger charge is -2.15. The first-order valence-corrected chi connectivity index (χ1v) is 9.44. The summed E-state index contributed by atoms with van der Waals surface area (Å²) in [6.45, 7) is 6.62. The zero-order valence-electron chi connectivity index (χ0n) is 16.2. The van der Waals surface area contributed by atoms with Gasteiger partial charge in [-0.25, -0.2) is 0 Å². The molecule has 0 bridgehead atoms. The van der Waals surface area contributed by atoms with Crippen molar-refractivity contribution in [3.63, 3.8) is 0 Å². The summed E-state index contributed by atoms with van der Waals surface area (Å²) in [6, 6.07) is 12.7. The second-order valence-electron chi connectivity index (χ2n) is 7.15. The van der Waals surface area contributed by atoms with Crippen LogP contribution < -0.4 is 0 Å². The molecular formula is C22H28N4. The average Bonchev–Trinajstić information content (AvgIpc) is 3.02. The van der Waals surface area contributed by atoms with Gasteiger partial charge in [-0.05, 0) is 55.0 Å². The number of aryl methyl sites for hydroxylation is 2. The molecule has 0 saturated heterocycles. The molecule has 3 aromatic rings. The fraction of sp³-hybridized carbons (Fsp3) is 0.409. The van der Waals surface area contributed by atoms with E-state index in [1.54, 1.807) is 0 Å². The van der Waals surface area contributed by atoms with E-state index in [-0.39, 0.29) is 0 Å². The van der Waals surface area contributed by atoms with E-state index in [4.69, 9.17) is 4.98 Å². The molecule has 0 aliphatic carbocycles. The molecule has 0 N–H and O–H groups in total. The second-order valence-corrected chi connectivity index (χ2v) is 7.15. The predicted octanol–water partition coefficient (Wildman–Crippen LogP) is 4.46. The Morgan fingerprint density at radius 1 is 1.00 bits per heavy atom. The third-order valence-corrected chi connectivity index (χ3v) is 5.01. The number of rotatable bonds is 7. The average molecular weight is 348 g/mol. The number of nitrogens with zero attached hydrogens (tertiary/aromatic N) is 4. The van der Waals surface area contributed by atoms with Gasteiger partial charge in [0.1, 0.15) is 0 Å². The SMILES string of the molecule is CCc1cc(CC(C)c2cccc(CC(C)c3cccnc3)n2)n(C)n1. The highest BCUT2D eigenvalue weighted by Gasteiger charge is 2.14. The third-order valence-electron chi connectivity index (χ3n) is 5.01. The van der Waals surface area contributed by atoms with Crippen molar-refractivity contribution in [2.45, 2.75) is 51.9 Å². The number of hydrogen-bond acceptors (Lipinski definition) is 3. The van der Waals surface area contributed by atoms with Crippen molar-refractivity contribution < 1.29 is 0 Å². The largest absolute Gasteiger partial charge is 0.272 e. The topological polar surface area (TPSA) is 43.6 Å². The van der Waals surface area contributed by atoms with Gasteiger partial charge in [-0.2, -0.15) is 5.10 Å². The molecule has 3 heterocycles. The van der Waals surface area contributed by atoms with Gasteiger partial charge < -0.3 is 0 Å². The maximum Gasteiger partial charge on any atom is 0.0624 e. The van der Waals surface area contributed by atoms with E-state index in [0.29, 0.717) is 11.8 Å². The van der Waals surface area contributed by atoms with Crippen LogP contribution in [0.5, 0.6) is 0 Å². The number of pyridine rings is 2. The molecule has 4 nitrogen and oxygen atoms in total. The predicted molar refractivity (Wildman–Crippen MR) is 105 cm³/mol. The van der Waals surface area contributed by atoms with Crippen molar-refractivity contribution in [2.24, 2.45) is 7.05 Å². The monoisotopic (exact) mass is 348 g/mol. The van der Waals surface area contributed by atoms with Crippen molar-refractivity contribution in [3.05, 3.63) is 77.1 Å². The lowest BCUT2D eigenvalue weighted by atomic mass is 9.96. The first kappa shape index (κ1) is 18.3. The molecule has 26 heavy (non-hydrogen) atoms. The van der Waals surface area contributed by atoms with Crippen LogP contribution in [0.4, 0.5) is 0 Å². The normalized spacial score (nSPS) is 13.5. The molecule has 136 valence electrons. The van der Waals surface area contributed by atoms with Gasteiger partial charge in [-0.15, -0.1) is 0 Å². The van der Waals surface area contributed by atoms with Crippen LogP contribution in [0, 0.1) is 0 Å². The minimum absolute atomic E-state index is 0.365. The zero-order chi connectivity index (χ0) is 18.5. The molecule has 0 aliphatic heterocycles. The van der Waals surface area contributed by atoms with E-state index in [1.165, 1.54) is 11.3 Å². The maximum atomic E-state index is 4.94. The van der Waals surface area contributed by atoms with Gasteiger partial charge >= 0.3 is 0 Å². The molecule has 2 atom stereocenters. The lowest BCUT2D eigenvalue weighted by molar-refractivity contribution is 0.638. The second kappa shape index (κ2) is 8.26. The number of hydrogen-bond donors (Lipinski definition) is 0. The van der Waals surface area contributed by atoms with Gasteiger partial charge in [-0.1, -0.05) is 32.9 Å². The molecular weight excluding hydrogens is 320 g/mol. The quantitative estimate of drug-likeness (QED) is 0.633. The van der Waals surface area contributed by atoms with Crippen molar-refractivity contribution >= 4 is 0 Å². The van der Waals surface area contributed by atoms with Gasteiger partial charge in [0.25, 0.3) is 0 Å². The van der Waals surface area contributed by atoms with E-state index in [9.17, 15) is 0 Å². The molecule has 3 aromatic heterocycles. The minimum atomic E-state index is 0.365. The summed E-state index contributed by atoms with van der Waals surface area (Å²) in [5.74, 6) is 0.773. The van der Waals surface area contributed by atoms with Crippen LogP contribution in [0.2, 0.25) is 0 Å². The van der Waals surface area contributed by atoms with E-state index in [0.717, 1.165) is 36.3 Å². The first-order chi connectivity index (χ1) is 12.6. The van der Waals surface area contributed by atoms with Crippen LogP contribution in [-0.2, 0) is 26.3 Å². The van der Waals surface area contributed by atoms with Crippen molar-refractivity contribution in [1.82, 2.24) is 19.7 Å². The first-order valence-electron chi connectivity index (χ1n) is 9.44. The van der Waals surface area contributed by atoms with Crippen molar-refractivity contribution in [1.29, 1.82) is 0 Å². The Bertz CT molecular complexity index is 838. The Balaban J connectivity index is 1.71. The van der Waals surface area contributed by atoms with Crippen molar-refractivity contribution in [2.75, 3.05) is 0 Å². The summed E-state index contributed by atoms with van der Waals surface area (Å²) in [4.78, 5) is 9.17. The van der Waals surface area contributed by atoms with E-state index in [2.05, 4.69) is 61.2 Å². The summed E-state index contributed by atoms with van der Waals surface area (Å²) in [5, 5.41) is 4.56. The van der Waals surface area contributed by atoms with Gasteiger partial charge in [0.05, 0.1) is 5.69 Å². The summed E-state index contributed by atoms with van der Waals surface area (Å²) in [7, 11) is 2.03. The Morgan fingerprint density at radius 3 is 2.54 bits per heavy atom. The molecule has 0 aromatic carbocycles. The van der Waals surface area contributed by atoms with Gasteiger partial charge in [0.15, 0.2) is 0 Å². The molecule has 0 amide bonds. The molecule has 0 fully saturated rings. The Hall–Kier alpha value is -2.49. The Kier molecular flexibility index (Phi) is 5.82. The van der Waals surface area contributed by atoms with Crippen LogP contribution in [0.15, 0.2) is 48.8 Å². The summed E-state index contributed by atoms with van der Waals surface area (Å²) in [5.41, 5.74) is 5.98. The standard InChI is InChI=1S/C22H28N4/c1-5-19-14-21(26(4)25-19)13-17(3)22-10-6-9-20(24-22)12-16(2)18-8-7-11-23-15-18/h6-11,14-17H,5,12-13H2,1-4H3. The Morgan fingerprint density at radius 2 is 1.85 bits per heavy atom. The van der Waals surface area contributed by atoms with Gasteiger partial charge in [0, 0.05) is 42.4 Å². The van der Waals surface area contributed by atoms with E-state index < -0.39 is 0 Å². The number of aromatic nitrogens is 4. The summed E-state index contributed by atoms with van der Waals surface area (Å²) >= 11 is 0. The van der Waals surface area contributed by atoms with Crippen LogP contribution in [0.25, 0.3) is 0 Å². The van der Waals surface area contributed by atoms with Crippen molar-refractivity contribution in [3.8, 4) is 0 Å². The molecule has 0 radical (unpaired) electrons. The van der Waals surface area contributed by atoms with E-state index >= 15 is 0 Å². The minimum Gasteiger partial charge on any atom is -0.272 e. The highest BCUT2D eigenvalue weighted by atomic mass is 15.3. The van der Waals surface area contributed by atoms with Gasteiger partial charge in [0.2, 0.25) is 0 Å². The summed E-state index contributed by atoms with van der Waals surface area (Å²) in [6.07, 6.45) is 6.63. The molecule has 0 saturated carbocycles. The van der Waals surface area contributed by atoms with Crippen LogP contribution in [0.3, 0.4) is 0 Å².